The Labute approximate surface area is 200 Å². The van der Waals surface area contributed by atoms with Gasteiger partial charge in [0.1, 0.15) is 5.82 Å². The Bertz CT molecular complexity index is 1240. The number of allylic oxidation sites excluding steroid dienone is 3. The molecule has 0 bridgehead atoms. The Morgan fingerprint density at radius 2 is 1.63 bits per heavy atom. The number of hydrogen-bond acceptors (Lipinski definition) is 3. The van der Waals surface area contributed by atoms with Gasteiger partial charge in [0.15, 0.2) is 35.5 Å². The molecule has 0 saturated carbocycles. The highest BCUT2D eigenvalue weighted by molar-refractivity contribution is 5.92. The predicted octanol–water partition coefficient (Wildman–Crippen LogP) is 8.17. The molecule has 2 aliphatic rings. The maximum Gasteiger partial charge on any atom is 0.346 e. The second kappa shape index (κ2) is 9.47. The minimum atomic E-state index is -2.57. The molecule has 3 atom stereocenters. The Morgan fingerprint density at radius 1 is 1.00 bits per heavy atom. The van der Waals surface area contributed by atoms with Crippen molar-refractivity contribution in [3.8, 4) is 16.9 Å². The average Bonchev–Trinajstić information content (AvgIpc) is 2.80. The summed E-state index contributed by atoms with van der Waals surface area (Å²) in [6.45, 7) is 5.58. The molecule has 2 aromatic rings. The van der Waals surface area contributed by atoms with Crippen LogP contribution in [-0.4, -0.2) is 12.6 Å². The van der Waals surface area contributed by atoms with Crippen molar-refractivity contribution >= 4 is 5.97 Å². The third kappa shape index (κ3) is 4.34. The first-order valence-corrected chi connectivity index (χ1v) is 11.5. The third-order valence-corrected chi connectivity index (χ3v) is 6.43. The number of esters is 1. The molecular weight excluding hydrogens is 467 g/mol. The van der Waals surface area contributed by atoms with Crippen LogP contribution in [0.15, 0.2) is 48.0 Å². The van der Waals surface area contributed by atoms with E-state index < -0.39 is 57.9 Å². The van der Waals surface area contributed by atoms with Crippen molar-refractivity contribution in [1.29, 1.82) is 0 Å². The highest BCUT2D eigenvalue weighted by atomic mass is 19.2. The lowest BCUT2D eigenvalue weighted by Crippen LogP contribution is -2.20. The number of carbonyl (C=O) groups is 1. The van der Waals surface area contributed by atoms with Crippen molar-refractivity contribution < 1.29 is 36.2 Å². The van der Waals surface area contributed by atoms with Crippen LogP contribution >= 0.6 is 0 Å². The van der Waals surface area contributed by atoms with Gasteiger partial charge >= 0.3 is 5.97 Å². The van der Waals surface area contributed by atoms with Crippen LogP contribution in [0.5, 0.6) is 5.75 Å². The Morgan fingerprint density at radius 3 is 2.23 bits per heavy atom. The molecule has 2 aliphatic carbocycles. The predicted molar refractivity (Wildman–Crippen MR) is 121 cm³/mol. The van der Waals surface area contributed by atoms with Crippen LogP contribution in [0.4, 0.5) is 22.0 Å². The lowest BCUT2D eigenvalue weighted by molar-refractivity contribution is 0.0610. The Hall–Kier alpha value is -3.16. The van der Waals surface area contributed by atoms with Crippen molar-refractivity contribution in [3.05, 3.63) is 76.3 Å². The quantitative estimate of drug-likeness (QED) is 0.301. The standard InChI is InChI=1S/C27H25F5O3/c1-4-11-27(3)12-10-18(17(28)13-27)35-26(33)16-7-6-14-15-8-9-19(34-5-2)23(30)21(15)25(32)24(31)20(14)22(16)29/h6-10,13,24-25H,4-5,11-12H2,1-3H3. The van der Waals surface area contributed by atoms with Crippen LogP contribution in [0.25, 0.3) is 11.1 Å². The molecule has 3 nitrogen and oxygen atoms in total. The molecule has 35 heavy (non-hydrogen) atoms. The number of hydrogen-bond donors (Lipinski definition) is 0. The zero-order chi connectivity index (χ0) is 25.5. The second-order valence-electron chi connectivity index (χ2n) is 9.02. The molecule has 0 fully saturated rings. The molecule has 0 spiro atoms. The molecule has 2 aromatic carbocycles. The molecule has 0 amide bonds. The normalized spacial score (nSPS) is 23.1. The fourth-order valence-electron chi connectivity index (χ4n) is 4.74. The Kier molecular flexibility index (Phi) is 6.75. The summed E-state index contributed by atoms with van der Waals surface area (Å²) in [5, 5.41) is 0. The second-order valence-corrected chi connectivity index (χ2v) is 9.02. The van der Waals surface area contributed by atoms with E-state index in [9.17, 15) is 18.0 Å². The fourth-order valence-corrected chi connectivity index (χ4v) is 4.74. The first-order chi connectivity index (χ1) is 16.6. The molecule has 0 radical (unpaired) electrons. The first kappa shape index (κ1) is 24.9. The first-order valence-electron chi connectivity index (χ1n) is 11.5. The molecule has 0 aliphatic heterocycles. The largest absolute Gasteiger partial charge is 0.491 e. The van der Waals surface area contributed by atoms with Crippen molar-refractivity contribution in [1.82, 2.24) is 0 Å². The third-order valence-electron chi connectivity index (χ3n) is 6.43. The number of halogens is 5. The lowest BCUT2D eigenvalue weighted by Gasteiger charge is -2.29. The van der Waals surface area contributed by atoms with Gasteiger partial charge in [-0.2, -0.15) is 0 Å². The molecule has 0 saturated heterocycles. The molecule has 4 rings (SSSR count). The maximum absolute atomic E-state index is 15.3. The zero-order valence-corrected chi connectivity index (χ0v) is 19.6. The van der Waals surface area contributed by atoms with Gasteiger partial charge in [-0.1, -0.05) is 32.4 Å². The van der Waals surface area contributed by atoms with E-state index in [2.05, 4.69) is 0 Å². The van der Waals surface area contributed by atoms with Gasteiger partial charge in [-0.15, -0.1) is 0 Å². The number of rotatable bonds is 6. The van der Waals surface area contributed by atoms with Gasteiger partial charge in [-0.05, 0) is 60.6 Å². The van der Waals surface area contributed by atoms with Crippen LogP contribution in [-0.2, 0) is 4.74 Å². The van der Waals surface area contributed by atoms with Gasteiger partial charge in [0, 0.05) is 11.1 Å². The SMILES string of the molecule is CCCC1(C)C=C(F)C(OC(=O)c2ccc3c(c2F)C(F)C(F)c2c-3ccc(OCC)c2F)=CC1. The topological polar surface area (TPSA) is 35.5 Å². The van der Waals surface area contributed by atoms with Gasteiger partial charge in [-0.3, -0.25) is 0 Å². The minimum absolute atomic E-state index is 0.0413. The van der Waals surface area contributed by atoms with E-state index in [1.807, 2.05) is 13.8 Å². The lowest BCUT2D eigenvalue weighted by atomic mass is 9.79. The summed E-state index contributed by atoms with van der Waals surface area (Å²) in [6.07, 6.45) is -0.309. The van der Waals surface area contributed by atoms with Crippen LogP contribution < -0.4 is 4.74 Å². The van der Waals surface area contributed by atoms with Crippen molar-refractivity contribution in [2.24, 2.45) is 5.41 Å². The minimum Gasteiger partial charge on any atom is -0.491 e. The summed E-state index contributed by atoms with van der Waals surface area (Å²) in [4.78, 5) is 12.7. The molecule has 0 aromatic heterocycles. The van der Waals surface area contributed by atoms with Crippen molar-refractivity contribution in [3.63, 3.8) is 0 Å². The molecule has 3 unspecified atom stereocenters. The monoisotopic (exact) mass is 492 g/mol. The molecule has 186 valence electrons. The number of fused-ring (bicyclic) bond motifs is 3. The van der Waals surface area contributed by atoms with Gasteiger partial charge in [0.05, 0.1) is 12.2 Å². The summed E-state index contributed by atoms with van der Waals surface area (Å²) in [5.74, 6) is -4.98. The molecular formula is C27H25F5O3. The van der Waals surface area contributed by atoms with Gasteiger partial charge < -0.3 is 9.47 Å². The van der Waals surface area contributed by atoms with E-state index in [4.69, 9.17) is 9.47 Å². The number of benzene rings is 2. The summed E-state index contributed by atoms with van der Waals surface area (Å²) in [7, 11) is 0. The van der Waals surface area contributed by atoms with E-state index in [0.29, 0.717) is 6.42 Å². The van der Waals surface area contributed by atoms with E-state index in [0.717, 1.165) is 18.9 Å². The average molecular weight is 492 g/mol. The van der Waals surface area contributed by atoms with Gasteiger partial charge in [0.2, 0.25) is 0 Å². The summed E-state index contributed by atoms with van der Waals surface area (Å²) >= 11 is 0. The molecule has 0 N–H and O–H groups in total. The Balaban J connectivity index is 1.68. The van der Waals surface area contributed by atoms with E-state index >= 15 is 8.78 Å². The highest BCUT2D eigenvalue weighted by Crippen LogP contribution is 2.51. The number of ether oxygens (including phenoxy) is 2. The van der Waals surface area contributed by atoms with Crippen LogP contribution in [0.3, 0.4) is 0 Å². The van der Waals surface area contributed by atoms with Crippen molar-refractivity contribution in [2.75, 3.05) is 6.61 Å². The molecule has 0 heterocycles. The van der Waals surface area contributed by atoms with Gasteiger partial charge in [0.25, 0.3) is 0 Å². The van der Waals surface area contributed by atoms with E-state index in [1.165, 1.54) is 30.4 Å². The van der Waals surface area contributed by atoms with Crippen molar-refractivity contribution in [2.45, 2.75) is 52.4 Å². The van der Waals surface area contributed by atoms with Crippen LogP contribution in [0, 0.1) is 17.0 Å². The molecule has 8 heteroatoms. The van der Waals surface area contributed by atoms with Crippen LogP contribution in [0.2, 0.25) is 0 Å². The highest BCUT2D eigenvalue weighted by Gasteiger charge is 2.41. The summed E-state index contributed by atoms with van der Waals surface area (Å²) < 4.78 is 85.0. The number of carbonyl (C=O) groups excluding carboxylic acids is 1. The van der Waals surface area contributed by atoms with E-state index in [-0.39, 0.29) is 29.2 Å². The van der Waals surface area contributed by atoms with Crippen LogP contribution in [0.1, 0.15) is 73.9 Å². The zero-order valence-electron chi connectivity index (χ0n) is 19.6. The summed E-state index contributed by atoms with van der Waals surface area (Å²) in [5.41, 5.74) is -2.51. The summed E-state index contributed by atoms with van der Waals surface area (Å²) in [6, 6.07) is 4.81. The fraction of sp³-hybridized carbons (Fsp3) is 0.370. The number of alkyl halides is 2. The van der Waals surface area contributed by atoms with E-state index in [1.54, 1.807) is 6.92 Å². The smallest absolute Gasteiger partial charge is 0.346 e. The van der Waals surface area contributed by atoms with Gasteiger partial charge in [-0.25, -0.2) is 26.7 Å². The maximum atomic E-state index is 15.3.